The number of esters is 1. The number of nitrogens with two attached hydrogens (primary N) is 1. The normalized spacial score (nSPS) is 19.9. The summed E-state index contributed by atoms with van der Waals surface area (Å²) >= 11 is 0. The van der Waals surface area contributed by atoms with Crippen LogP contribution in [0.25, 0.3) is 0 Å². The van der Waals surface area contributed by atoms with E-state index in [1.54, 1.807) is 49.2 Å². The number of anilines is 1. The first kappa shape index (κ1) is 18.8. The van der Waals surface area contributed by atoms with Crippen molar-refractivity contribution in [3.05, 3.63) is 69.0 Å². The van der Waals surface area contributed by atoms with Gasteiger partial charge in [0, 0.05) is 36.6 Å². The van der Waals surface area contributed by atoms with Crippen LogP contribution in [0.15, 0.2) is 46.6 Å². The molecule has 1 spiro atoms. The van der Waals surface area contributed by atoms with Crippen LogP contribution >= 0.6 is 0 Å². The van der Waals surface area contributed by atoms with Crippen LogP contribution in [-0.4, -0.2) is 30.1 Å². The molecule has 2 aliphatic rings. The van der Waals surface area contributed by atoms with E-state index in [-0.39, 0.29) is 22.8 Å². The Morgan fingerprint density at radius 2 is 1.97 bits per heavy atom. The molecule has 2 N–H and O–H groups in total. The highest BCUT2D eigenvalue weighted by atomic mass is 16.5. The molecule has 8 nitrogen and oxygen atoms in total. The van der Waals surface area contributed by atoms with Crippen molar-refractivity contribution in [2.45, 2.75) is 19.3 Å². The molecular formula is C21H21N3O5. The molecule has 1 amide bonds. The number of nitrogens with zero attached hydrogens (tertiary/aromatic N) is 2. The predicted molar refractivity (Wildman–Crippen MR) is 106 cm³/mol. The number of carbonyl (C=O) groups excluding carboxylic acids is 2. The number of hydrogen-bond donors (Lipinski definition) is 1. The van der Waals surface area contributed by atoms with E-state index >= 15 is 0 Å². The first-order chi connectivity index (χ1) is 13.8. The maximum Gasteiger partial charge on any atom is 0.340 e. The van der Waals surface area contributed by atoms with Crippen molar-refractivity contribution in [3.63, 3.8) is 0 Å². The van der Waals surface area contributed by atoms with Crippen molar-refractivity contribution in [3.8, 4) is 5.75 Å². The fourth-order valence-corrected chi connectivity index (χ4v) is 4.30. The standard InChI is InChI=1S/C21H21N3O5/c1-5-24-13-9-7-6-8-12(13)21(20(24)27)15-14(10-11(2)23(3)18(15)25)29-17(22)16(21)19(26)28-4/h6-10H,5,22H2,1-4H3. The van der Waals surface area contributed by atoms with Crippen molar-refractivity contribution in [2.75, 3.05) is 18.6 Å². The Balaban J connectivity index is 2.24. The number of amides is 1. The van der Waals surface area contributed by atoms with Gasteiger partial charge in [-0.25, -0.2) is 4.79 Å². The molecule has 0 fully saturated rings. The number of fused-ring (bicyclic) bond motifs is 4. The number of likely N-dealkylation sites (N-methyl/N-ethyl adjacent to an activating group) is 1. The number of benzene rings is 1. The summed E-state index contributed by atoms with van der Waals surface area (Å²) < 4.78 is 12.0. The summed E-state index contributed by atoms with van der Waals surface area (Å²) in [6.07, 6.45) is 0. The van der Waals surface area contributed by atoms with Crippen LogP contribution in [0.2, 0.25) is 0 Å². The van der Waals surface area contributed by atoms with Crippen LogP contribution in [0.5, 0.6) is 5.75 Å². The lowest BCUT2D eigenvalue weighted by Crippen LogP contribution is -2.51. The van der Waals surface area contributed by atoms with Gasteiger partial charge < -0.3 is 24.7 Å². The van der Waals surface area contributed by atoms with E-state index in [1.807, 2.05) is 6.92 Å². The molecule has 1 unspecified atom stereocenters. The number of carbonyl (C=O) groups is 2. The number of methoxy groups -OCH3 is 1. The molecule has 1 aromatic heterocycles. The fourth-order valence-electron chi connectivity index (χ4n) is 4.30. The predicted octanol–water partition coefficient (Wildman–Crippen LogP) is 1.08. The van der Waals surface area contributed by atoms with Gasteiger partial charge in [-0.15, -0.1) is 0 Å². The fraction of sp³-hybridized carbons (Fsp3) is 0.286. The van der Waals surface area contributed by atoms with Crippen molar-refractivity contribution in [2.24, 2.45) is 12.8 Å². The van der Waals surface area contributed by atoms with Crippen LogP contribution in [0.3, 0.4) is 0 Å². The maximum atomic E-state index is 13.9. The summed E-state index contributed by atoms with van der Waals surface area (Å²) in [5.74, 6) is -1.35. The minimum atomic E-state index is -1.74. The molecule has 3 heterocycles. The van der Waals surface area contributed by atoms with Crippen LogP contribution in [-0.2, 0) is 26.8 Å². The average molecular weight is 395 g/mol. The monoisotopic (exact) mass is 395 g/mol. The number of ether oxygens (including phenoxy) is 2. The number of para-hydroxylation sites is 1. The lowest BCUT2D eigenvalue weighted by atomic mass is 9.68. The third-order valence-electron chi connectivity index (χ3n) is 5.72. The largest absolute Gasteiger partial charge is 0.465 e. The molecular weight excluding hydrogens is 374 g/mol. The van der Waals surface area contributed by atoms with E-state index < -0.39 is 22.9 Å². The highest BCUT2D eigenvalue weighted by Gasteiger charge is 2.62. The van der Waals surface area contributed by atoms with Gasteiger partial charge in [-0.3, -0.25) is 9.59 Å². The number of rotatable bonds is 2. The molecule has 150 valence electrons. The molecule has 0 saturated carbocycles. The van der Waals surface area contributed by atoms with Crippen molar-refractivity contribution in [1.29, 1.82) is 0 Å². The first-order valence-corrected chi connectivity index (χ1v) is 9.19. The quantitative estimate of drug-likeness (QED) is 0.764. The third-order valence-corrected chi connectivity index (χ3v) is 5.72. The molecule has 0 radical (unpaired) electrons. The molecule has 0 bridgehead atoms. The van der Waals surface area contributed by atoms with Gasteiger partial charge in [0.15, 0.2) is 0 Å². The van der Waals surface area contributed by atoms with Gasteiger partial charge in [0.1, 0.15) is 16.7 Å². The van der Waals surface area contributed by atoms with Crippen molar-refractivity contribution >= 4 is 17.6 Å². The number of aromatic nitrogens is 1. The second kappa shape index (κ2) is 6.23. The molecule has 0 saturated heterocycles. The molecule has 29 heavy (non-hydrogen) atoms. The second-order valence-corrected chi connectivity index (χ2v) is 7.04. The minimum absolute atomic E-state index is 0.0635. The number of aryl methyl sites for hydroxylation is 1. The highest BCUT2D eigenvalue weighted by Crippen LogP contribution is 2.54. The topological polar surface area (TPSA) is 104 Å². The number of pyridine rings is 1. The Morgan fingerprint density at radius 3 is 2.62 bits per heavy atom. The van der Waals surface area contributed by atoms with Crippen molar-refractivity contribution < 1.29 is 19.1 Å². The van der Waals surface area contributed by atoms with E-state index in [2.05, 4.69) is 0 Å². The van der Waals surface area contributed by atoms with Gasteiger partial charge >= 0.3 is 5.97 Å². The zero-order valence-corrected chi connectivity index (χ0v) is 16.6. The molecule has 0 aliphatic carbocycles. The molecule has 1 atom stereocenters. The Bertz CT molecular complexity index is 1160. The summed E-state index contributed by atoms with van der Waals surface area (Å²) in [4.78, 5) is 41.7. The second-order valence-electron chi connectivity index (χ2n) is 7.04. The molecule has 1 aromatic carbocycles. The van der Waals surface area contributed by atoms with E-state index in [0.717, 1.165) is 0 Å². The Hall–Kier alpha value is -3.55. The molecule has 2 aliphatic heterocycles. The van der Waals surface area contributed by atoms with Crippen molar-refractivity contribution in [1.82, 2.24) is 4.57 Å². The zero-order chi connectivity index (χ0) is 21.1. The van der Waals surface area contributed by atoms with Crippen LogP contribution in [0, 0.1) is 6.92 Å². The Labute approximate surface area is 167 Å². The zero-order valence-electron chi connectivity index (χ0n) is 16.6. The summed E-state index contributed by atoms with van der Waals surface area (Å²) in [7, 11) is 2.80. The van der Waals surface area contributed by atoms with Gasteiger partial charge in [0.25, 0.3) is 5.56 Å². The molecule has 8 heteroatoms. The van der Waals surface area contributed by atoms with E-state index in [9.17, 15) is 14.4 Å². The Morgan fingerprint density at radius 1 is 1.28 bits per heavy atom. The molecule has 2 aromatic rings. The minimum Gasteiger partial charge on any atom is -0.465 e. The summed E-state index contributed by atoms with van der Waals surface area (Å²) in [5.41, 5.74) is 5.60. The maximum absolute atomic E-state index is 13.9. The van der Waals surface area contributed by atoms with Gasteiger partial charge in [-0.1, -0.05) is 18.2 Å². The van der Waals surface area contributed by atoms with Crippen LogP contribution in [0.1, 0.15) is 23.7 Å². The van der Waals surface area contributed by atoms with E-state index in [4.69, 9.17) is 15.2 Å². The Kier molecular flexibility index (Phi) is 4.04. The lowest BCUT2D eigenvalue weighted by Gasteiger charge is -2.35. The number of hydrogen-bond acceptors (Lipinski definition) is 6. The summed E-state index contributed by atoms with van der Waals surface area (Å²) in [6.45, 7) is 3.93. The molecule has 4 rings (SSSR count). The summed E-state index contributed by atoms with van der Waals surface area (Å²) in [5, 5.41) is 0. The van der Waals surface area contributed by atoms with Crippen LogP contribution < -0.4 is 20.9 Å². The SMILES string of the molecule is CCN1C(=O)C2(C(C(=O)OC)=C(N)Oc3cc(C)n(C)c(=O)c32)c2ccccc21. The van der Waals surface area contributed by atoms with E-state index in [0.29, 0.717) is 23.5 Å². The van der Waals surface area contributed by atoms with Gasteiger partial charge in [-0.2, -0.15) is 0 Å². The summed E-state index contributed by atoms with van der Waals surface area (Å²) in [6, 6.07) is 8.71. The smallest absolute Gasteiger partial charge is 0.340 e. The highest BCUT2D eigenvalue weighted by molar-refractivity contribution is 6.18. The van der Waals surface area contributed by atoms with Gasteiger partial charge in [-0.05, 0) is 19.9 Å². The third kappa shape index (κ3) is 2.16. The van der Waals surface area contributed by atoms with E-state index in [1.165, 1.54) is 11.7 Å². The van der Waals surface area contributed by atoms with Crippen LogP contribution in [0.4, 0.5) is 5.69 Å². The van der Waals surface area contributed by atoms with Gasteiger partial charge in [0.2, 0.25) is 11.8 Å². The lowest BCUT2D eigenvalue weighted by molar-refractivity contribution is -0.138. The first-order valence-electron chi connectivity index (χ1n) is 9.19. The average Bonchev–Trinajstić information content (AvgIpc) is 2.94. The van der Waals surface area contributed by atoms with Gasteiger partial charge in [0.05, 0.1) is 12.7 Å².